The average molecular weight is 402 g/mol. The van der Waals surface area contributed by atoms with Crippen LogP contribution in [0.4, 0.5) is 0 Å². The van der Waals surface area contributed by atoms with E-state index in [4.69, 9.17) is 23.7 Å². The zero-order chi connectivity index (χ0) is 20.5. The Hall–Kier alpha value is -2.03. The maximum absolute atomic E-state index is 12.2. The number of aliphatic hydroxyl groups excluding tert-OH is 1. The molecule has 1 N–H and O–H groups in total. The van der Waals surface area contributed by atoms with E-state index in [2.05, 4.69) is 0 Å². The molecule has 0 unspecified atom stereocenters. The van der Waals surface area contributed by atoms with Crippen LogP contribution in [-0.2, 0) is 28.5 Å². The van der Waals surface area contributed by atoms with Gasteiger partial charge in [0.25, 0.3) is 0 Å². The molecule has 0 radical (unpaired) electrons. The van der Waals surface area contributed by atoms with E-state index in [1.165, 1.54) is 7.11 Å². The van der Waals surface area contributed by atoms with E-state index in [1.807, 2.05) is 42.5 Å². The van der Waals surface area contributed by atoms with Crippen LogP contribution in [0.3, 0.4) is 0 Å². The van der Waals surface area contributed by atoms with Gasteiger partial charge in [-0.2, -0.15) is 0 Å². The number of hydrogen-bond acceptors (Lipinski definition) is 7. The lowest BCUT2D eigenvalue weighted by Crippen LogP contribution is -2.63. The van der Waals surface area contributed by atoms with Gasteiger partial charge in [0, 0.05) is 12.7 Å². The molecule has 2 heterocycles. The molecule has 6 atom stereocenters. The number of esters is 1. The third-order valence-electron chi connectivity index (χ3n) is 5.31. The molecule has 156 valence electrons. The second kappa shape index (κ2) is 8.38. The summed E-state index contributed by atoms with van der Waals surface area (Å²) in [6.45, 7) is 3.70. The van der Waals surface area contributed by atoms with Gasteiger partial charge in [0.2, 0.25) is 0 Å². The maximum Gasteiger partial charge on any atom is 0.308 e. The third kappa shape index (κ3) is 4.01. The Labute approximate surface area is 169 Å². The number of carbonyl (C=O) groups excluding carboxylic acids is 1. The molecule has 0 saturated carbocycles. The maximum atomic E-state index is 12.2. The zero-order valence-corrected chi connectivity index (χ0v) is 16.7. The van der Waals surface area contributed by atoms with Crippen molar-refractivity contribution in [2.45, 2.75) is 50.8 Å². The van der Waals surface area contributed by atoms with Crippen LogP contribution in [-0.4, -0.2) is 55.5 Å². The minimum absolute atomic E-state index is 0.227. The molecule has 2 fully saturated rings. The van der Waals surface area contributed by atoms with Crippen molar-refractivity contribution >= 4 is 16.7 Å². The highest BCUT2D eigenvalue weighted by molar-refractivity contribution is 5.83. The van der Waals surface area contributed by atoms with Crippen LogP contribution >= 0.6 is 0 Å². The summed E-state index contributed by atoms with van der Waals surface area (Å²) in [5.41, 5.74) is 0.847. The van der Waals surface area contributed by atoms with Crippen LogP contribution in [0.25, 0.3) is 10.8 Å². The van der Waals surface area contributed by atoms with Crippen molar-refractivity contribution in [3.63, 3.8) is 0 Å². The molecule has 0 aromatic heterocycles. The molecule has 0 aliphatic carbocycles. The lowest BCUT2D eigenvalue weighted by atomic mass is 9.97. The molecule has 2 aromatic carbocycles. The Morgan fingerprint density at radius 2 is 1.90 bits per heavy atom. The lowest BCUT2D eigenvalue weighted by Gasteiger charge is -2.47. The molecule has 0 amide bonds. The van der Waals surface area contributed by atoms with Crippen LogP contribution in [0.2, 0.25) is 0 Å². The highest BCUT2D eigenvalue weighted by Crippen LogP contribution is 2.36. The fraction of sp³-hybridized carbons (Fsp3) is 0.500. The van der Waals surface area contributed by atoms with Crippen molar-refractivity contribution in [2.75, 3.05) is 13.7 Å². The summed E-state index contributed by atoms with van der Waals surface area (Å²) in [6, 6.07) is 14.0. The molecule has 2 aliphatic heterocycles. The molecule has 2 aromatic rings. The first-order chi connectivity index (χ1) is 14.0. The second-order valence-electron chi connectivity index (χ2n) is 7.70. The van der Waals surface area contributed by atoms with Crippen molar-refractivity contribution < 1.29 is 33.6 Å². The highest BCUT2D eigenvalue weighted by Gasteiger charge is 2.51. The Kier molecular flexibility index (Phi) is 5.85. The molecule has 29 heavy (non-hydrogen) atoms. The standard InChI is InChI=1S/C22H26O7/c1-12(2)20(24)28-19-17(23)22(25-3)27-16-11-26-21(29-18(16)19)15-9-8-13-6-4-5-7-14(13)10-15/h4-10,12,16-19,21-23H,11H2,1-3H3/t16-,17-,18-,19-,21-,22+/m1/s1. The number of ether oxygens (including phenoxy) is 5. The number of hydrogen-bond donors (Lipinski definition) is 1. The van der Waals surface area contributed by atoms with Gasteiger partial charge in [0.15, 0.2) is 18.7 Å². The summed E-state index contributed by atoms with van der Waals surface area (Å²) in [7, 11) is 1.43. The largest absolute Gasteiger partial charge is 0.456 e. The van der Waals surface area contributed by atoms with Gasteiger partial charge in [-0.25, -0.2) is 0 Å². The summed E-state index contributed by atoms with van der Waals surface area (Å²) in [5, 5.41) is 12.8. The predicted octanol–water partition coefficient (Wildman–Crippen LogP) is 2.55. The Morgan fingerprint density at radius 3 is 2.62 bits per heavy atom. The van der Waals surface area contributed by atoms with Gasteiger partial charge in [-0.1, -0.05) is 50.2 Å². The highest BCUT2D eigenvalue weighted by atomic mass is 16.8. The summed E-state index contributed by atoms with van der Waals surface area (Å²) in [5.74, 6) is -0.748. The topological polar surface area (TPSA) is 83.5 Å². The van der Waals surface area contributed by atoms with Crippen LogP contribution < -0.4 is 0 Å². The first-order valence-electron chi connectivity index (χ1n) is 9.80. The van der Waals surface area contributed by atoms with Crippen LogP contribution in [0, 0.1) is 5.92 Å². The van der Waals surface area contributed by atoms with Gasteiger partial charge < -0.3 is 28.8 Å². The number of benzene rings is 2. The Bertz CT molecular complexity index is 867. The summed E-state index contributed by atoms with van der Waals surface area (Å²) in [4.78, 5) is 12.2. The van der Waals surface area contributed by atoms with Crippen LogP contribution in [0.1, 0.15) is 25.7 Å². The minimum Gasteiger partial charge on any atom is -0.456 e. The Morgan fingerprint density at radius 1 is 1.14 bits per heavy atom. The van der Waals surface area contributed by atoms with Crippen molar-refractivity contribution in [1.29, 1.82) is 0 Å². The van der Waals surface area contributed by atoms with Gasteiger partial charge in [0.05, 0.1) is 12.5 Å². The molecule has 4 rings (SSSR count). The first kappa shape index (κ1) is 20.3. The van der Waals surface area contributed by atoms with E-state index in [0.29, 0.717) is 0 Å². The molecular formula is C22H26O7. The zero-order valence-electron chi connectivity index (χ0n) is 16.7. The number of fused-ring (bicyclic) bond motifs is 2. The van der Waals surface area contributed by atoms with E-state index in [-0.39, 0.29) is 12.5 Å². The van der Waals surface area contributed by atoms with E-state index in [1.54, 1.807) is 13.8 Å². The van der Waals surface area contributed by atoms with E-state index < -0.39 is 43.0 Å². The van der Waals surface area contributed by atoms with Crippen molar-refractivity contribution in [2.24, 2.45) is 5.92 Å². The van der Waals surface area contributed by atoms with Gasteiger partial charge >= 0.3 is 5.97 Å². The van der Waals surface area contributed by atoms with Crippen LogP contribution in [0.15, 0.2) is 42.5 Å². The number of aliphatic hydroxyl groups is 1. The van der Waals surface area contributed by atoms with E-state index >= 15 is 0 Å². The molecule has 7 nitrogen and oxygen atoms in total. The Balaban J connectivity index is 1.58. The van der Waals surface area contributed by atoms with Gasteiger partial charge in [0.1, 0.15) is 18.3 Å². The van der Waals surface area contributed by atoms with Gasteiger partial charge in [-0.15, -0.1) is 0 Å². The van der Waals surface area contributed by atoms with Crippen molar-refractivity contribution in [1.82, 2.24) is 0 Å². The molecule has 2 aliphatic rings. The first-order valence-corrected chi connectivity index (χ1v) is 9.80. The molecule has 7 heteroatoms. The van der Waals surface area contributed by atoms with E-state index in [0.717, 1.165) is 16.3 Å². The monoisotopic (exact) mass is 402 g/mol. The molecular weight excluding hydrogens is 376 g/mol. The van der Waals surface area contributed by atoms with Gasteiger partial charge in [-0.3, -0.25) is 4.79 Å². The van der Waals surface area contributed by atoms with Crippen molar-refractivity contribution in [3.05, 3.63) is 48.0 Å². The predicted molar refractivity (Wildman–Crippen MR) is 104 cm³/mol. The minimum atomic E-state index is -1.17. The second-order valence-corrected chi connectivity index (χ2v) is 7.70. The molecule has 0 bridgehead atoms. The smallest absolute Gasteiger partial charge is 0.308 e. The fourth-order valence-electron chi connectivity index (χ4n) is 3.69. The van der Waals surface area contributed by atoms with Gasteiger partial charge in [-0.05, 0) is 16.8 Å². The molecule has 0 spiro atoms. The van der Waals surface area contributed by atoms with Crippen LogP contribution in [0.5, 0.6) is 0 Å². The third-order valence-corrected chi connectivity index (χ3v) is 5.31. The number of methoxy groups -OCH3 is 1. The summed E-state index contributed by atoms with van der Waals surface area (Å²) in [6.07, 6.45) is -4.87. The number of carbonyl (C=O) groups is 1. The SMILES string of the molecule is CO[C@H]1O[C@@H]2CO[C@@H](c3ccc4ccccc4c3)O[C@H]2[C@H](OC(=O)C(C)C)[C@H]1O. The van der Waals surface area contributed by atoms with E-state index in [9.17, 15) is 9.90 Å². The van der Waals surface area contributed by atoms with Crippen molar-refractivity contribution in [3.8, 4) is 0 Å². The average Bonchev–Trinajstić information content (AvgIpc) is 2.74. The fourth-order valence-corrected chi connectivity index (χ4v) is 3.69. The normalized spacial score (nSPS) is 32.2. The summed E-state index contributed by atoms with van der Waals surface area (Å²) < 4.78 is 28.6. The summed E-state index contributed by atoms with van der Waals surface area (Å²) >= 11 is 0. The quantitative estimate of drug-likeness (QED) is 0.787. The molecule has 2 saturated heterocycles. The number of rotatable bonds is 4. The lowest BCUT2D eigenvalue weighted by molar-refractivity contribution is -0.359.